The molecule has 1 aliphatic rings. The predicted octanol–water partition coefficient (Wildman–Crippen LogP) is 3.80. The van der Waals surface area contributed by atoms with E-state index in [-0.39, 0.29) is 0 Å². The summed E-state index contributed by atoms with van der Waals surface area (Å²) >= 11 is 5.81. The van der Waals surface area contributed by atoms with Crippen LogP contribution < -0.4 is 0 Å². The van der Waals surface area contributed by atoms with Crippen LogP contribution in [0.15, 0.2) is 24.3 Å². The second-order valence-electron chi connectivity index (χ2n) is 5.81. The van der Waals surface area contributed by atoms with Gasteiger partial charge < -0.3 is 4.90 Å². The number of nitrogens with zero attached hydrogens (tertiary/aromatic N) is 1. The minimum atomic E-state index is 0.296. The van der Waals surface area contributed by atoms with Crippen molar-refractivity contribution >= 4 is 17.5 Å². The SMILES string of the molecule is Cc1ccc(CCC(=O)N2CCCC(CCCl)C2)cc1. The molecule has 0 spiro atoms. The number of piperidine rings is 1. The molecule has 1 amide bonds. The number of hydrogen-bond acceptors (Lipinski definition) is 1. The Bertz CT molecular complexity index is 427. The minimum Gasteiger partial charge on any atom is -0.342 e. The maximum Gasteiger partial charge on any atom is 0.222 e. The Hall–Kier alpha value is -1.02. The van der Waals surface area contributed by atoms with Gasteiger partial charge in [0.15, 0.2) is 0 Å². The highest BCUT2D eigenvalue weighted by Crippen LogP contribution is 2.21. The molecule has 2 nitrogen and oxygen atoms in total. The zero-order chi connectivity index (χ0) is 14.4. The monoisotopic (exact) mass is 293 g/mol. The van der Waals surface area contributed by atoms with Crippen LogP contribution in [0.1, 0.15) is 36.8 Å². The first-order chi connectivity index (χ1) is 9.69. The van der Waals surface area contributed by atoms with E-state index < -0.39 is 0 Å². The van der Waals surface area contributed by atoms with E-state index in [9.17, 15) is 4.79 Å². The summed E-state index contributed by atoms with van der Waals surface area (Å²) in [6.07, 6.45) is 4.84. The van der Waals surface area contributed by atoms with Gasteiger partial charge in [-0.3, -0.25) is 4.79 Å². The highest BCUT2D eigenvalue weighted by Gasteiger charge is 2.22. The van der Waals surface area contributed by atoms with Crippen LogP contribution in [0.4, 0.5) is 0 Å². The van der Waals surface area contributed by atoms with Gasteiger partial charge in [0.25, 0.3) is 0 Å². The molecule has 3 heteroatoms. The molecular weight excluding hydrogens is 270 g/mol. The first-order valence-corrected chi connectivity index (χ1v) is 8.12. The maximum atomic E-state index is 12.3. The van der Waals surface area contributed by atoms with Gasteiger partial charge in [-0.25, -0.2) is 0 Å². The predicted molar refractivity (Wildman–Crippen MR) is 84.1 cm³/mol. The van der Waals surface area contributed by atoms with E-state index in [2.05, 4.69) is 31.2 Å². The van der Waals surface area contributed by atoms with Gasteiger partial charge in [-0.1, -0.05) is 29.8 Å². The Morgan fingerprint density at radius 3 is 2.80 bits per heavy atom. The minimum absolute atomic E-state index is 0.296. The van der Waals surface area contributed by atoms with Crippen molar-refractivity contribution in [3.63, 3.8) is 0 Å². The molecule has 0 saturated carbocycles. The van der Waals surface area contributed by atoms with E-state index in [4.69, 9.17) is 11.6 Å². The molecule has 1 unspecified atom stereocenters. The fourth-order valence-electron chi connectivity index (χ4n) is 2.85. The van der Waals surface area contributed by atoms with Crippen molar-refractivity contribution in [1.82, 2.24) is 4.90 Å². The van der Waals surface area contributed by atoms with Gasteiger partial charge in [0.2, 0.25) is 5.91 Å². The normalized spacial score (nSPS) is 19.1. The van der Waals surface area contributed by atoms with Crippen molar-refractivity contribution in [2.75, 3.05) is 19.0 Å². The van der Waals surface area contributed by atoms with Crippen LogP contribution in [0, 0.1) is 12.8 Å². The van der Waals surface area contributed by atoms with Crippen LogP contribution in [0.3, 0.4) is 0 Å². The average molecular weight is 294 g/mol. The molecule has 2 rings (SSSR count). The molecule has 1 aliphatic heterocycles. The summed E-state index contributed by atoms with van der Waals surface area (Å²) in [6, 6.07) is 8.46. The van der Waals surface area contributed by atoms with E-state index in [1.165, 1.54) is 17.5 Å². The van der Waals surface area contributed by atoms with Crippen molar-refractivity contribution < 1.29 is 4.79 Å². The number of hydrogen-bond donors (Lipinski definition) is 0. The lowest BCUT2D eigenvalue weighted by atomic mass is 9.95. The fraction of sp³-hybridized carbons (Fsp3) is 0.588. The second-order valence-corrected chi connectivity index (χ2v) is 6.19. The average Bonchev–Trinajstić information content (AvgIpc) is 2.47. The Balaban J connectivity index is 1.80. The van der Waals surface area contributed by atoms with Gasteiger partial charge in [-0.2, -0.15) is 0 Å². The highest BCUT2D eigenvalue weighted by atomic mass is 35.5. The quantitative estimate of drug-likeness (QED) is 0.756. The van der Waals surface area contributed by atoms with Crippen LogP contribution >= 0.6 is 11.6 Å². The number of likely N-dealkylation sites (tertiary alicyclic amines) is 1. The summed E-state index contributed by atoms with van der Waals surface area (Å²) in [4.78, 5) is 14.3. The molecule has 1 heterocycles. The third-order valence-electron chi connectivity index (χ3n) is 4.14. The largest absolute Gasteiger partial charge is 0.342 e. The molecule has 1 saturated heterocycles. The molecular formula is C17H24ClNO. The van der Waals surface area contributed by atoms with Crippen molar-refractivity contribution in [2.24, 2.45) is 5.92 Å². The number of rotatable bonds is 5. The van der Waals surface area contributed by atoms with Gasteiger partial charge in [0.05, 0.1) is 0 Å². The lowest BCUT2D eigenvalue weighted by molar-refractivity contribution is -0.133. The zero-order valence-corrected chi connectivity index (χ0v) is 13.0. The number of carbonyl (C=O) groups is 1. The highest BCUT2D eigenvalue weighted by molar-refractivity contribution is 6.17. The third-order valence-corrected chi connectivity index (χ3v) is 4.36. The molecule has 0 aliphatic carbocycles. The number of alkyl halides is 1. The van der Waals surface area contributed by atoms with Crippen molar-refractivity contribution in [3.05, 3.63) is 35.4 Å². The lowest BCUT2D eigenvalue weighted by Gasteiger charge is -2.32. The third kappa shape index (κ3) is 4.52. The molecule has 20 heavy (non-hydrogen) atoms. The summed E-state index contributed by atoms with van der Waals surface area (Å²) in [5.41, 5.74) is 2.51. The van der Waals surface area contributed by atoms with Crippen LogP contribution in [0.25, 0.3) is 0 Å². The molecule has 1 aromatic rings. The van der Waals surface area contributed by atoms with Crippen LogP contribution in [0.2, 0.25) is 0 Å². The summed E-state index contributed by atoms with van der Waals surface area (Å²) in [7, 11) is 0. The van der Waals surface area contributed by atoms with Gasteiger partial charge >= 0.3 is 0 Å². The second kappa shape index (κ2) is 7.68. The van der Waals surface area contributed by atoms with E-state index in [1.54, 1.807) is 0 Å². The number of benzene rings is 1. The summed E-state index contributed by atoms with van der Waals surface area (Å²) in [6.45, 7) is 3.91. The first kappa shape index (κ1) is 15.4. The molecule has 0 aromatic heterocycles. The van der Waals surface area contributed by atoms with Crippen molar-refractivity contribution in [1.29, 1.82) is 0 Å². The molecule has 1 atom stereocenters. The zero-order valence-electron chi connectivity index (χ0n) is 12.3. The molecule has 1 fully saturated rings. The summed E-state index contributed by atoms with van der Waals surface area (Å²) < 4.78 is 0. The first-order valence-electron chi connectivity index (χ1n) is 7.58. The smallest absolute Gasteiger partial charge is 0.222 e. The summed E-state index contributed by atoms with van der Waals surface area (Å²) in [5, 5.41) is 0. The van der Waals surface area contributed by atoms with E-state index in [1.807, 2.05) is 4.90 Å². The molecule has 0 bridgehead atoms. The van der Waals surface area contributed by atoms with Crippen LogP contribution in [0.5, 0.6) is 0 Å². The molecule has 0 radical (unpaired) electrons. The van der Waals surface area contributed by atoms with Crippen LogP contribution in [-0.4, -0.2) is 29.8 Å². The number of carbonyl (C=O) groups excluding carboxylic acids is 1. The van der Waals surface area contributed by atoms with Gasteiger partial charge in [0, 0.05) is 25.4 Å². The molecule has 1 aromatic carbocycles. The van der Waals surface area contributed by atoms with Gasteiger partial charge in [-0.05, 0) is 44.1 Å². The van der Waals surface area contributed by atoms with Crippen molar-refractivity contribution in [3.8, 4) is 0 Å². The number of amides is 1. The van der Waals surface area contributed by atoms with Gasteiger partial charge in [0.1, 0.15) is 0 Å². The van der Waals surface area contributed by atoms with Crippen LogP contribution in [-0.2, 0) is 11.2 Å². The number of halogens is 1. The van der Waals surface area contributed by atoms with E-state index in [0.29, 0.717) is 24.1 Å². The van der Waals surface area contributed by atoms with E-state index >= 15 is 0 Å². The standard InChI is InChI=1S/C17H24ClNO/c1-14-4-6-15(7-5-14)8-9-17(20)19-12-2-3-16(13-19)10-11-18/h4-7,16H,2-3,8-13H2,1H3. The Morgan fingerprint density at radius 1 is 1.35 bits per heavy atom. The fourth-order valence-corrected chi connectivity index (χ4v) is 3.15. The van der Waals surface area contributed by atoms with E-state index in [0.717, 1.165) is 32.4 Å². The molecule has 0 N–H and O–H groups in total. The Kier molecular flexibility index (Phi) is 5.90. The maximum absolute atomic E-state index is 12.3. The number of aryl methyl sites for hydroxylation is 2. The molecule has 110 valence electrons. The summed E-state index contributed by atoms with van der Waals surface area (Å²) in [5.74, 6) is 1.60. The topological polar surface area (TPSA) is 20.3 Å². The Labute approximate surface area is 127 Å². The van der Waals surface area contributed by atoms with Gasteiger partial charge in [-0.15, -0.1) is 11.6 Å². The Morgan fingerprint density at radius 2 is 2.10 bits per heavy atom. The van der Waals surface area contributed by atoms with Crippen molar-refractivity contribution in [2.45, 2.75) is 39.0 Å². The lowest BCUT2D eigenvalue weighted by Crippen LogP contribution is -2.40.